The van der Waals surface area contributed by atoms with Gasteiger partial charge in [0.05, 0.1) is 0 Å². The first kappa shape index (κ1) is 58.4. The summed E-state index contributed by atoms with van der Waals surface area (Å²) >= 11 is 0. The van der Waals surface area contributed by atoms with Gasteiger partial charge in [-0.1, -0.05) is 259 Å². The summed E-state index contributed by atoms with van der Waals surface area (Å²) in [6.07, 6.45) is 47.9. The van der Waals surface area contributed by atoms with Gasteiger partial charge in [-0.3, -0.25) is 14.4 Å². The van der Waals surface area contributed by atoms with Crippen molar-refractivity contribution in [2.45, 2.75) is 304 Å². The molecular formula is C54H104O6. The quantitative estimate of drug-likeness (QED) is 0.0345. The van der Waals surface area contributed by atoms with Gasteiger partial charge in [0.1, 0.15) is 13.2 Å². The van der Waals surface area contributed by atoms with Crippen molar-refractivity contribution in [3.63, 3.8) is 0 Å². The van der Waals surface area contributed by atoms with Crippen LogP contribution in [0.1, 0.15) is 298 Å². The lowest BCUT2D eigenvalue weighted by Gasteiger charge is -2.18. The Morgan fingerprint density at radius 1 is 0.350 bits per heavy atom. The van der Waals surface area contributed by atoms with Crippen molar-refractivity contribution >= 4 is 17.9 Å². The average Bonchev–Trinajstić information content (AvgIpc) is 3.23. The molecule has 0 heterocycles. The fourth-order valence-corrected chi connectivity index (χ4v) is 8.13. The van der Waals surface area contributed by atoms with E-state index < -0.39 is 6.10 Å². The van der Waals surface area contributed by atoms with E-state index in [9.17, 15) is 14.4 Å². The first-order valence-electron chi connectivity index (χ1n) is 26.8. The largest absolute Gasteiger partial charge is 0.462 e. The lowest BCUT2D eigenvalue weighted by molar-refractivity contribution is -0.167. The van der Waals surface area contributed by atoms with Crippen LogP contribution in [-0.2, 0) is 28.6 Å². The second-order valence-corrected chi connectivity index (χ2v) is 19.2. The average molecular weight is 849 g/mol. The van der Waals surface area contributed by atoms with E-state index in [2.05, 4.69) is 34.6 Å². The number of ether oxygens (including phenoxy) is 3. The Hall–Kier alpha value is -1.59. The smallest absolute Gasteiger partial charge is 0.306 e. The van der Waals surface area contributed by atoms with Crippen LogP contribution >= 0.6 is 0 Å². The molecule has 1 unspecified atom stereocenters. The Morgan fingerprint density at radius 2 is 0.633 bits per heavy atom. The lowest BCUT2D eigenvalue weighted by Crippen LogP contribution is -2.30. The van der Waals surface area contributed by atoms with Crippen molar-refractivity contribution in [1.29, 1.82) is 0 Å². The van der Waals surface area contributed by atoms with Crippen LogP contribution in [0.25, 0.3) is 0 Å². The Kier molecular flexibility index (Phi) is 45.7. The third kappa shape index (κ3) is 45.9. The summed E-state index contributed by atoms with van der Waals surface area (Å²) in [6.45, 7) is 11.4. The summed E-state index contributed by atoms with van der Waals surface area (Å²) in [7, 11) is 0. The highest BCUT2D eigenvalue weighted by Gasteiger charge is 2.19. The number of esters is 3. The van der Waals surface area contributed by atoms with Crippen LogP contribution in [0.2, 0.25) is 0 Å². The van der Waals surface area contributed by atoms with Crippen LogP contribution in [0.5, 0.6) is 0 Å². The van der Waals surface area contributed by atoms with Crippen molar-refractivity contribution in [1.82, 2.24) is 0 Å². The highest BCUT2D eigenvalue weighted by atomic mass is 16.6. The maximum atomic E-state index is 12.8. The lowest BCUT2D eigenvalue weighted by atomic mass is 9.99. The van der Waals surface area contributed by atoms with Gasteiger partial charge in [-0.2, -0.15) is 0 Å². The molecule has 0 aliphatic heterocycles. The monoisotopic (exact) mass is 849 g/mol. The van der Waals surface area contributed by atoms with Gasteiger partial charge < -0.3 is 14.2 Å². The number of hydrogen-bond donors (Lipinski definition) is 0. The molecule has 0 aromatic carbocycles. The Morgan fingerprint density at radius 3 is 0.950 bits per heavy atom. The minimum Gasteiger partial charge on any atom is -0.462 e. The standard InChI is InChI=1S/C54H104O6/c1-6-8-9-10-11-12-13-14-15-18-26-31-36-41-46-54(57)60-51(47-58-52(55)44-39-34-29-24-19-16-17-22-27-32-37-42-49(3)4)48-59-53(56)45-40-35-30-25-21-20-23-28-33-38-43-50(5)7-2/h49-51H,6-48H2,1-5H3/t50?,51-/m0/s1. The SMILES string of the molecule is CCCCCCCCCCCCCCCCC(=O)O[C@@H](COC(=O)CCCCCCCCCCCCCC(C)C)COC(=O)CCCCCCCCCCCCC(C)CC. The summed E-state index contributed by atoms with van der Waals surface area (Å²) in [6, 6.07) is 0. The predicted octanol–water partition coefficient (Wildman–Crippen LogP) is 17.3. The zero-order chi connectivity index (χ0) is 44.0. The minimum absolute atomic E-state index is 0.0636. The van der Waals surface area contributed by atoms with Gasteiger partial charge in [-0.05, 0) is 31.1 Å². The zero-order valence-corrected chi connectivity index (χ0v) is 41.1. The molecule has 0 radical (unpaired) electrons. The van der Waals surface area contributed by atoms with E-state index in [0.717, 1.165) is 69.6 Å². The van der Waals surface area contributed by atoms with Crippen LogP contribution in [0, 0.1) is 11.8 Å². The second kappa shape index (κ2) is 46.9. The van der Waals surface area contributed by atoms with Crippen LogP contribution in [0.4, 0.5) is 0 Å². The van der Waals surface area contributed by atoms with Crippen molar-refractivity contribution < 1.29 is 28.6 Å². The van der Waals surface area contributed by atoms with Crippen LogP contribution in [-0.4, -0.2) is 37.2 Å². The fraction of sp³-hybridized carbons (Fsp3) is 0.944. The molecule has 60 heavy (non-hydrogen) atoms. The molecule has 356 valence electrons. The summed E-state index contributed by atoms with van der Waals surface area (Å²) < 4.78 is 16.8. The molecule has 6 heteroatoms. The van der Waals surface area contributed by atoms with E-state index in [1.165, 1.54) is 186 Å². The molecule has 0 aromatic rings. The van der Waals surface area contributed by atoms with E-state index in [4.69, 9.17) is 14.2 Å². The van der Waals surface area contributed by atoms with E-state index in [-0.39, 0.29) is 31.1 Å². The van der Waals surface area contributed by atoms with Crippen LogP contribution < -0.4 is 0 Å². The predicted molar refractivity (Wildman–Crippen MR) is 256 cm³/mol. The Bertz CT molecular complexity index is 918. The number of unbranched alkanes of at least 4 members (excludes halogenated alkanes) is 32. The first-order chi connectivity index (χ1) is 29.3. The van der Waals surface area contributed by atoms with Gasteiger partial charge in [-0.25, -0.2) is 0 Å². The molecule has 6 nitrogen and oxygen atoms in total. The van der Waals surface area contributed by atoms with Crippen molar-refractivity contribution in [3.8, 4) is 0 Å². The molecule has 0 N–H and O–H groups in total. The van der Waals surface area contributed by atoms with E-state index >= 15 is 0 Å². The molecule has 2 atom stereocenters. The molecular weight excluding hydrogens is 745 g/mol. The van der Waals surface area contributed by atoms with Crippen LogP contribution in [0.3, 0.4) is 0 Å². The molecule has 0 amide bonds. The molecule has 0 saturated heterocycles. The normalized spacial score (nSPS) is 12.5. The summed E-state index contributed by atoms with van der Waals surface area (Å²) in [5.41, 5.74) is 0. The highest BCUT2D eigenvalue weighted by molar-refractivity contribution is 5.71. The molecule has 0 bridgehead atoms. The minimum atomic E-state index is -0.762. The van der Waals surface area contributed by atoms with Crippen molar-refractivity contribution in [2.75, 3.05) is 13.2 Å². The summed E-state index contributed by atoms with van der Waals surface area (Å²) in [4.78, 5) is 38.0. The topological polar surface area (TPSA) is 78.9 Å². The summed E-state index contributed by atoms with van der Waals surface area (Å²) in [5, 5.41) is 0. The first-order valence-corrected chi connectivity index (χ1v) is 26.8. The van der Waals surface area contributed by atoms with Crippen molar-refractivity contribution in [2.24, 2.45) is 11.8 Å². The van der Waals surface area contributed by atoms with Crippen LogP contribution in [0.15, 0.2) is 0 Å². The molecule has 0 aliphatic rings. The Balaban J connectivity index is 4.33. The Labute approximate surface area is 374 Å². The molecule has 0 aromatic heterocycles. The third-order valence-corrected chi connectivity index (χ3v) is 12.6. The molecule has 0 aliphatic carbocycles. The van der Waals surface area contributed by atoms with Gasteiger partial charge in [0.15, 0.2) is 6.10 Å². The maximum absolute atomic E-state index is 12.8. The third-order valence-electron chi connectivity index (χ3n) is 12.6. The van der Waals surface area contributed by atoms with E-state index in [1.54, 1.807) is 0 Å². The number of carbonyl (C=O) groups is 3. The number of rotatable bonds is 48. The van der Waals surface area contributed by atoms with Gasteiger partial charge in [0.2, 0.25) is 0 Å². The molecule has 0 saturated carbocycles. The zero-order valence-electron chi connectivity index (χ0n) is 41.1. The second-order valence-electron chi connectivity index (χ2n) is 19.2. The van der Waals surface area contributed by atoms with Gasteiger partial charge in [-0.15, -0.1) is 0 Å². The maximum Gasteiger partial charge on any atom is 0.306 e. The number of hydrogen-bond acceptors (Lipinski definition) is 6. The molecule has 0 spiro atoms. The number of carbonyl (C=O) groups excluding carboxylic acids is 3. The summed E-state index contributed by atoms with van der Waals surface area (Å²) in [5.74, 6) is 0.851. The van der Waals surface area contributed by atoms with Gasteiger partial charge in [0, 0.05) is 19.3 Å². The highest BCUT2D eigenvalue weighted by Crippen LogP contribution is 2.18. The fourth-order valence-electron chi connectivity index (χ4n) is 8.13. The molecule has 0 fully saturated rings. The van der Waals surface area contributed by atoms with E-state index in [1.807, 2.05) is 0 Å². The van der Waals surface area contributed by atoms with Crippen molar-refractivity contribution in [3.05, 3.63) is 0 Å². The van der Waals surface area contributed by atoms with Gasteiger partial charge in [0.25, 0.3) is 0 Å². The van der Waals surface area contributed by atoms with Gasteiger partial charge >= 0.3 is 17.9 Å². The molecule has 0 rings (SSSR count). The van der Waals surface area contributed by atoms with E-state index in [0.29, 0.717) is 19.3 Å².